The fraction of sp³-hybridized carbons (Fsp3) is 0.667. The molecule has 5 heteroatoms. The molecule has 0 aromatic heterocycles. The number of rotatable bonds is 11. The van der Waals surface area contributed by atoms with Crippen molar-refractivity contribution in [1.29, 1.82) is 0 Å². The molecule has 2 fully saturated rings. The molecule has 2 saturated carbocycles. The lowest BCUT2D eigenvalue weighted by Crippen LogP contribution is -2.36. The Balaban J connectivity index is 1.62. The lowest BCUT2D eigenvalue weighted by Gasteiger charge is -2.46. The highest BCUT2D eigenvalue weighted by Crippen LogP contribution is 2.53. The van der Waals surface area contributed by atoms with Crippen LogP contribution in [0, 0.1) is 11.3 Å². The van der Waals surface area contributed by atoms with Crippen LogP contribution in [0.25, 0.3) is 0 Å². The van der Waals surface area contributed by atoms with Crippen molar-refractivity contribution in [1.82, 2.24) is 0 Å². The minimum Gasteiger partial charge on any atom is -0.469 e. The number of benzene rings is 1. The Labute approximate surface area is 198 Å². The zero-order valence-corrected chi connectivity index (χ0v) is 20.3. The average Bonchev–Trinajstić information content (AvgIpc) is 3.05. The van der Waals surface area contributed by atoms with Gasteiger partial charge in [0.15, 0.2) is 0 Å². The van der Waals surface area contributed by atoms with Gasteiger partial charge in [-0.1, -0.05) is 56.2 Å². The van der Waals surface area contributed by atoms with Gasteiger partial charge in [-0.15, -0.1) is 11.6 Å². The third-order valence-electron chi connectivity index (χ3n) is 7.68. The molecule has 0 amide bonds. The summed E-state index contributed by atoms with van der Waals surface area (Å²) in [7, 11) is 1.41. The van der Waals surface area contributed by atoms with Crippen LogP contribution in [0.2, 0.25) is 0 Å². The van der Waals surface area contributed by atoms with Crippen LogP contribution in [-0.4, -0.2) is 34.8 Å². The van der Waals surface area contributed by atoms with E-state index in [0.717, 1.165) is 56.1 Å². The number of methoxy groups -OCH3 is 1. The largest absolute Gasteiger partial charge is 0.469 e. The lowest BCUT2D eigenvalue weighted by molar-refractivity contribution is -0.140. The Kier molecular flexibility index (Phi) is 9.22. The van der Waals surface area contributed by atoms with Gasteiger partial charge in [0.2, 0.25) is 0 Å². The van der Waals surface area contributed by atoms with Gasteiger partial charge >= 0.3 is 5.97 Å². The standard InChI is InChI=1S/C27H39ClO4/c1-3-15-27(16-8-17-27)26(31)20-13-11-19(12-14-20)25-21(22(28)18-23(25)29)9-6-4-5-7-10-24(30)32-2/h4,6,11-14,21-23,25-26,29,31H,3,5,7-10,15-18H2,1-2H3/b6-4+. The van der Waals surface area contributed by atoms with Crippen molar-refractivity contribution < 1.29 is 19.7 Å². The number of aliphatic hydroxyl groups is 2. The zero-order valence-electron chi connectivity index (χ0n) is 19.5. The van der Waals surface area contributed by atoms with E-state index in [9.17, 15) is 15.0 Å². The minimum absolute atomic E-state index is 0.00304. The van der Waals surface area contributed by atoms with Gasteiger partial charge in [0.1, 0.15) is 0 Å². The Bertz CT molecular complexity index is 755. The number of ether oxygens (including phenoxy) is 1. The van der Waals surface area contributed by atoms with Crippen LogP contribution >= 0.6 is 11.6 Å². The number of esters is 1. The molecular weight excluding hydrogens is 424 g/mol. The summed E-state index contributed by atoms with van der Waals surface area (Å²) in [6, 6.07) is 8.24. The number of hydrogen-bond acceptors (Lipinski definition) is 4. The van der Waals surface area contributed by atoms with Gasteiger partial charge in [0.25, 0.3) is 0 Å². The fourth-order valence-electron chi connectivity index (χ4n) is 5.71. The number of unbranched alkanes of at least 4 members (excludes halogenated alkanes) is 1. The molecule has 32 heavy (non-hydrogen) atoms. The fourth-order valence-corrected chi connectivity index (χ4v) is 6.15. The summed E-state index contributed by atoms with van der Waals surface area (Å²) >= 11 is 6.63. The minimum atomic E-state index is -0.455. The normalized spacial score (nSPS) is 27.9. The molecule has 3 rings (SSSR count). The second-order valence-electron chi connectivity index (χ2n) is 9.72. The molecule has 178 valence electrons. The molecule has 0 spiro atoms. The van der Waals surface area contributed by atoms with E-state index in [2.05, 4.69) is 35.9 Å². The summed E-state index contributed by atoms with van der Waals surface area (Å²) in [5.74, 6) is -0.0150. The molecule has 0 radical (unpaired) electrons. The van der Waals surface area contributed by atoms with Gasteiger partial charge in [-0.25, -0.2) is 0 Å². The zero-order chi connectivity index (χ0) is 23.1. The molecule has 0 aliphatic heterocycles. The van der Waals surface area contributed by atoms with Crippen LogP contribution in [0.15, 0.2) is 36.4 Å². The van der Waals surface area contributed by atoms with Gasteiger partial charge in [0.05, 0.1) is 19.3 Å². The number of allylic oxidation sites excluding steroid dienone is 2. The Hall–Kier alpha value is -1.36. The molecule has 2 aliphatic rings. The summed E-state index contributed by atoms with van der Waals surface area (Å²) in [5.41, 5.74) is 2.13. The Morgan fingerprint density at radius 3 is 2.59 bits per heavy atom. The van der Waals surface area contributed by atoms with E-state index in [-0.39, 0.29) is 28.6 Å². The summed E-state index contributed by atoms with van der Waals surface area (Å²) < 4.78 is 4.67. The maximum atomic E-state index is 11.2. The Morgan fingerprint density at radius 1 is 1.28 bits per heavy atom. The maximum Gasteiger partial charge on any atom is 0.305 e. The van der Waals surface area contributed by atoms with Crippen molar-refractivity contribution in [2.24, 2.45) is 11.3 Å². The summed E-state index contributed by atoms with van der Waals surface area (Å²) in [6.07, 6.45) is 12.4. The van der Waals surface area contributed by atoms with E-state index in [0.29, 0.717) is 12.8 Å². The van der Waals surface area contributed by atoms with E-state index >= 15 is 0 Å². The molecule has 5 atom stereocenters. The van der Waals surface area contributed by atoms with E-state index < -0.39 is 12.2 Å². The third kappa shape index (κ3) is 5.76. The van der Waals surface area contributed by atoms with Crippen molar-refractivity contribution >= 4 is 17.6 Å². The SMILES string of the molecule is CCCC1(C(O)c2ccc(C3C(O)CC(Cl)C3C/C=C/CCCC(=O)OC)cc2)CCC1. The first-order valence-electron chi connectivity index (χ1n) is 12.2. The topological polar surface area (TPSA) is 66.8 Å². The first-order valence-corrected chi connectivity index (χ1v) is 12.7. The predicted octanol–water partition coefficient (Wildman–Crippen LogP) is 6.05. The van der Waals surface area contributed by atoms with E-state index in [4.69, 9.17) is 11.6 Å². The number of carbonyl (C=O) groups excluding carboxylic acids is 1. The van der Waals surface area contributed by atoms with E-state index in [1.54, 1.807) is 0 Å². The molecule has 1 aromatic carbocycles. The van der Waals surface area contributed by atoms with Crippen LogP contribution < -0.4 is 0 Å². The molecule has 2 N–H and O–H groups in total. The molecule has 0 heterocycles. The monoisotopic (exact) mass is 462 g/mol. The number of carbonyl (C=O) groups is 1. The molecule has 2 aliphatic carbocycles. The summed E-state index contributed by atoms with van der Waals surface area (Å²) in [5, 5.41) is 21.7. The van der Waals surface area contributed by atoms with Gasteiger partial charge in [-0.05, 0) is 62.0 Å². The molecular formula is C27H39ClO4. The predicted molar refractivity (Wildman–Crippen MR) is 129 cm³/mol. The number of alkyl halides is 1. The molecule has 5 unspecified atom stereocenters. The second kappa shape index (κ2) is 11.7. The highest BCUT2D eigenvalue weighted by molar-refractivity contribution is 6.21. The number of halogens is 1. The maximum absolute atomic E-state index is 11.2. The summed E-state index contributed by atoms with van der Waals surface area (Å²) in [4.78, 5) is 11.2. The van der Waals surface area contributed by atoms with Gasteiger partial charge < -0.3 is 14.9 Å². The van der Waals surface area contributed by atoms with Gasteiger partial charge in [0, 0.05) is 23.1 Å². The lowest BCUT2D eigenvalue weighted by atomic mass is 9.61. The van der Waals surface area contributed by atoms with Gasteiger partial charge in [-0.2, -0.15) is 0 Å². The van der Waals surface area contributed by atoms with Crippen LogP contribution in [0.5, 0.6) is 0 Å². The van der Waals surface area contributed by atoms with Crippen molar-refractivity contribution in [2.45, 2.75) is 94.6 Å². The van der Waals surface area contributed by atoms with Gasteiger partial charge in [-0.3, -0.25) is 4.79 Å². The first-order chi connectivity index (χ1) is 15.4. The first kappa shape index (κ1) is 25.3. The van der Waals surface area contributed by atoms with Crippen LogP contribution in [0.1, 0.15) is 94.3 Å². The van der Waals surface area contributed by atoms with Crippen molar-refractivity contribution in [2.75, 3.05) is 7.11 Å². The van der Waals surface area contributed by atoms with Crippen LogP contribution in [-0.2, 0) is 9.53 Å². The van der Waals surface area contributed by atoms with Crippen LogP contribution in [0.4, 0.5) is 0 Å². The van der Waals surface area contributed by atoms with Crippen LogP contribution in [0.3, 0.4) is 0 Å². The van der Waals surface area contributed by atoms with E-state index in [1.165, 1.54) is 13.5 Å². The van der Waals surface area contributed by atoms with Crippen molar-refractivity contribution in [3.8, 4) is 0 Å². The molecule has 0 saturated heterocycles. The third-order valence-corrected chi connectivity index (χ3v) is 8.18. The average molecular weight is 463 g/mol. The number of hydrogen-bond donors (Lipinski definition) is 2. The van der Waals surface area contributed by atoms with Crippen molar-refractivity contribution in [3.05, 3.63) is 47.5 Å². The number of aliphatic hydroxyl groups excluding tert-OH is 2. The molecule has 1 aromatic rings. The quantitative estimate of drug-likeness (QED) is 0.182. The molecule has 0 bridgehead atoms. The Morgan fingerprint density at radius 2 is 2.00 bits per heavy atom. The van der Waals surface area contributed by atoms with Crippen molar-refractivity contribution in [3.63, 3.8) is 0 Å². The smallest absolute Gasteiger partial charge is 0.305 e. The highest BCUT2D eigenvalue weighted by Gasteiger charge is 2.44. The summed E-state index contributed by atoms with van der Waals surface area (Å²) in [6.45, 7) is 2.19. The molecule has 4 nitrogen and oxygen atoms in total. The van der Waals surface area contributed by atoms with E-state index in [1.807, 2.05) is 12.1 Å². The highest BCUT2D eigenvalue weighted by atomic mass is 35.5. The second-order valence-corrected chi connectivity index (χ2v) is 10.3.